The molecule has 1 aromatic heterocycles. The van der Waals surface area contributed by atoms with Gasteiger partial charge in [0.1, 0.15) is 0 Å². The van der Waals surface area contributed by atoms with Crippen LogP contribution in [-0.4, -0.2) is 52.8 Å². The number of aromatic nitrogens is 1. The van der Waals surface area contributed by atoms with E-state index in [4.69, 9.17) is 5.73 Å². The number of rotatable bonds is 1. The van der Waals surface area contributed by atoms with E-state index >= 15 is 0 Å². The fourth-order valence-corrected chi connectivity index (χ4v) is 1.98. The van der Waals surface area contributed by atoms with Crippen LogP contribution in [0.25, 0.3) is 0 Å². The van der Waals surface area contributed by atoms with Gasteiger partial charge in [0.2, 0.25) is 5.91 Å². The van der Waals surface area contributed by atoms with Gasteiger partial charge >= 0.3 is 0 Å². The van der Waals surface area contributed by atoms with Crippen molar-refractivity contribution in [2.24, 2.45) is 0 Å². The second-order valence-electron chi connectivity index (χ2n) is 4.26. The number of piperazine rings is 1. The summed E-state index contributed by atoms with van der Waals surface area (Å²) in [5.74, 6) is -0.0770. The Balaban J connectivity index is 2.04. The van der Waals surface area contributed by atoms with Gasteiger partial charge in [0.05, 0.1) is 5.56 Å². The Morgan fingerprint density at radius 1 is 1.22 bits per heavy atom. The summed E-state index contributed by atoms with van der Waals surface area (Å²) in [6.07, 6.45) is 3.04. The molecule has 0 bridgehead atoms. The van der Waals surface area contributed by atoms with Gasteiger partial charge in [-0.1, -0.05) is 0 Å². The van der Waals surface area contributed by atoms with E-state index in [-0.39, 0.29) is 11.8 Å². The third-order valence-electron chi connectivity index (χ3n) is 3.10. The number of anilines is 1. The third kappa shape index (κ3) is 2.42. The molecule has 0 aliphatic carbocycles. The van der Waals surface area contributed by atoms with Crippen molar-refractivity contribution < 1.29 is 9.59 Å². The summed E-state index contributed by atoms with van der Waals surface area (Å²) in [5.41, 5.74) is 6.61. The van der Waals surface area contributed by atoms with Gasteiger partial charge in [-0.25, -0.2) is 0 Å². The van der Waals surface area contributed by atoms with Crippen molar-refractivity contribution in [1.82, 2.24) is 14.8 Å². The predicted molar refractivity (Wildman–Crippen MR) is 66.8 cm³/mol. The van der Waals surface area contributed by atoms with Crippen LogP contribution in [0.1, 0.15) is 17.3 Å². The van der Waals surface area contributed by atoms with Crippen molar-refractivity contribution in [2.45, 2.75) is 6.92 Å². The zero-order valence-corrected chi connectivity index (χ0v) is 10.3. The minimum absolute atomic E-state index is 0.0444. The van der Waals surface area contributed by atoms with Gasteiger partial charge < -0.3 is 15.5 Å². The molecule has 1 saturated heterocycles. The lowest BCUT2D eigenvalue weighted by molar-refractivity contribution is -0.130. The van der Waals surface area contributed by atoms with Gasteiger partial charge in [0.15, 0.2) is 0 Å². The molecule has 6 nitrogen and oxygen atoms in total. The number of hydrogen-bond donors (Lipinski definition) is 1. The number of carbonyl (C=O) groups excluding carboxylic acids is 2. The third-order valence-corrected chi connectivity index (χ3v) is 3.10. The molecular weight excluding hydrogens is 232 g/mol. The lowest BCUT2D eigenvalue weighted by Gasteiger charge is -2.34. The lowest BCUT2D eigenvalue weighted by atomic mass is 10.2. The zero-order valence-electron chi connectivity index (χ0n) is 10.3. The van der Waals surface area contributed by atoms with E-state index < -0.39 is 0 Å². The summed E-state index contributed by atoms with van der Waals surface area (Å²) in [4.78, 5) is 30.7. The number of nitrogens with zero attached hydrogens (tertiary/aromatic N) is 3. The molecule has 1 aliphatic rings. The van der Waals surface area contributed by atoms with Crippen molar-refractivity contribution in [3.63, 3.8) is 0 Å². The van der Waals surface area contributed by atoms with E-state index in [0.29, 0.717) is 37.4 Å². The summed E-state index contributed by atoms with van der Waals surface area (Å²) in [5, 5.41) is 0. The topological polar surface area (TPSA) is 79.5 Å². The Kier molecular flexibility index (Phi) is 3.45. The minimum Gasteiger partial charge on any atom is -0.398 e. The maximum atomic E-state index is 12.2. The lowest BCUT2D eigenvalue weighted by Crippen LogP contribution is -2.50. The minimum atomic E-state index is -0.121. The molecule has 2 N–H and O–H groups in total. The van der Waals surface area contributed by atoms with E-state index in [9.17, 15) is 9.59 Å². The van der Waals surface area contributed by atoms with Crippen LogP contribution in [0.15, 0.2) is 18.5 Å². The Bertz CT molecular complexity index is 467. The number of hydrogen-bond acceptors (Lipinski definition) is 4. The van der Waals surface area contributed by atoms with Crippen molar-refractivity contribution >= 4 is 17.5 Å². The fourth-order valence-electron chi connectivity index (χ4n) is 1.98. The number of nitrogen functional groups attached to an aromatic ring is 1. The Labute approximate surface area is 105 Å². The van der Waals surface area contributed by atoms with E-state index in [1.165, 1.54) is 13.1 Å². The van der Waals surface area contributed by atoms with Crippen LogP contribution in [0.5, 0.6) is 0 Å². The average molecular weight is 248 g/mol. The first-order valence-corrected chi connectivity index (χ1v) is 5.84. The van der Waals surface area contributed by atoms with Crippen LogP contribution in [0, 0.1) is 0 Å². The molecule has 0 aromatic carbocycles. The summed E-state index contributed by atoms with van der Waals surface area (Å²) in [6.45, 7) is 3.75. The highest BCUT2D eigenvalue weighted by Gasteiger charge is 2.24. The van der Waals surface area contributed by atoms with Crippen molar-refractivity contribution in [2.75, 3.05) is 31.9 Å². The molecule has 0 saturated carbocycles. The maximum absolute atomic E-state index is 12.2. The number of carbonyl (C=O) groups is 2. The molecule has 2 rings (SSSR count). The zero-order chi connectivity index (χ0) is 13.1. The predicted octanol–water partition coefficient (Wildman–Crippen LogP) is -0.0319. The van der Waals surface area contributed by atoms with Crippen LogP contribution in [0.2, 0.25) is 0 Å². The van der Waals surface area contributed by atoms with Crippen molar-refractivity contribution in [3.8, 4) is 0 Å². The summed E-state index contributed by atoms with van der Waals surface area (Å²) in [6, 6.07) is 1.61. The quantitative estimate of drug-likeness (QED) is 0.756. The van der Waals surface area contributed by atoms with Crippen LogP contribution in [-0.2, 0) is 4.79 Å². The smallest absolute Gasteiger partial charge is 0.257 e. The molecule has 0 spiro atoms. The molecule has 2 amide bonds. The Hall–Kier alpha value is -2.11. The molecule has 18 heavy (non-hydrogen) atoms. The van der Waals surface area contributed by atoms with Gasteiger partial charge in [-0.05, 0) is 6.07 Å². The first-order chi connectivity index (χ1) is 8.59. The highest BCUT2D eigenvalue weighted by Crippen LogP contribution is 2.13. The van der Waals surface area contributed by atoms with Gasteiger partial charge in [0, 0.05) is 51.2 Å². The molecule has 0 unspecified atom stereocenters. The fraction of sp³-hybridized carbons (Fsp3) is 0.417. The van der Waals surface area contributed by atoms with E-state index in [0.717, 1.165) is 0 Å². The maximum Gasteiger partial charge on any atom is 0.257 e. The molecule has 96 valence electrons. The average Bonchev–Trinajstić information content (AvgIpc) is 2.38. The molecule has 1 aromatic rings. The number of amides is 2. The second-order valence-corrected chi connectivity index (χ2v) is 4.26. The van der Waals surface area contributed by atoms with Crippen LogP contribution in [0.3, 0.4) is 0 Å². The highest BCUT2D eigenvalue weighted by atomic mass is 16.2. The van der Waals surface area contributed by atoms with Gasteiger partial charge in [0.25, 0.3) is 5.91 Å². The van der Waals surface area contributed by atoms with Crippen molar-refractivity contribution in [1.29, 1.82) is 0 Å². The number of pyridine rings is 1. The highest BCUT2D eigenvalue weighted by molar-refractivity contribution is 5.98. The monoisotopic (exact) mass is 248 g/mol. The van der Waals surface area contributed by atoms with E-state index in [1.807, 2.05) is 0 Å². The Morgan fingerprint density at radius 2 is 1.83 bits per heavy atom. The molecule has 6 heteroatoms. The molecular formula is C12H16N4O2. The molecule has 1 fully saturated rings. The van der Waals surface area contributed by atoms with Gasteiger partial charge in [-0.2, -0.15) is 0 Å². The summed E-state index contributed by atoms with van der Waals surface area (Å²) >= 11 is 0. The largest absolute Gasteiger partial charge is 0.398 e. The van der Waals surface area contributed by atoms with Crippen molar-refractivity contribution in [3.05, 3.63) is 24.0 Å². The van der Waals surface area contributed by atoms with Gasteiger partial charge in [-0.15, -0.1) is 0 Å². The standard InChI is InChI=1S/C12H16N4O2/c1-9(17)15-4-6-16(7-5-15)12(18)10-8-14-3-2-11(10)13/h2-3,8H,4-7H2,1H3,(H2,13,14). The molecule has 0 radical (unpaired) electrons. The van der Waals surface area contributed by atoms with Gasteiger partial charge in [-0.3, -0.25) is 14.6 Å². The second kappa shape index (κ2) is 5.03. The normalized spacial score (nSPS) is 15.6. The molecule has 2 heterocycles. The number of nitrogens with two attached hydrogens (primary N) is 1. The first kappa shape index (κ1) is 12.3. The first-order valence-electron chi connectivity index (χ1n) is 5.84. The van der Waals surface area contributed by atoms with E-state index in [2.05, 4.69) is 4.98 Å². The molecule has 0 atom stereocenters. The van der Waals surface area contributed by atoms with Crippen LogP contribution < -0.4 is 5.73 Å². The Morgan fingerprint density at radius 3 is 2.39 bits per heavy atom. The van der Waals surface area contributed by atoms with Crippen LogP contribution >= 0.6 is 0 Å². The van der Waals surface area contributed by atoms with Crippen LogP contribution in [0.4, 0.5) is 5.69 Å². The molecule has 1 aliphatic heterocycles. The SMILES string of the molecule is CC(=O)N1CCN(C(=O)c2cnccc2N)CC1. The summed E-state index contributed by atoms with van der Waals surface area (Å²) < 4.78 is 0. The van der Waals surface area contributed by atoms with E-state index in [1.54, 1.807) is 22.1 Å². The summed E-state index contributed by atoms with van der Waals surface area (Å²) in [7, 11) is 0.